The Balaban J connectivity index is 1.75. The van der Waals surface area contributed by atoms with Crippen molar-refractivity contribution in [3.05, 3.63) is 74.2 Å². The van der Waals surface area contributed by atoms with Gasteiger partial charge in [-0.2, -0.15) is 5.26 Å². The number of thioether (sulfide) groups is 1. The molecule has 7 heteroatoms. The number of nitrogens with zero attached hydrogens (tertiary/aromatic N) is 1. The van der Waals surface area contributed by atoms with Crippen molar-refractivity contribution < 1.29 is 9.59 Å². The number of anilines is 1. The number of amides is 2. The molecule has 0 spiro atoms. The van der Waals surface area contributed by atoms with Crippen molar-refractivity contribution in [1.29, 1.82) is 5.26 Å². The molecule has 1 atom stereocenters. The minimum Gasteiger partial charge on any atom is -0.325 e. The van der Waals surface area contributed by atoms with Gasteiger partial charge in [-0.1, -0.05) is 57.5 Å². The van der Waals surface area contributed by atoms with E-state index in [0.29, 0.717) is 10.6 Å². The number of rotatable bonds is 5. The molecule has 0 saturated carbocycles. The fraction of sp³-hybridized carbons (Fsp3) is 0.227. The number of hydrogen-bond acceptors (Lipinski definition) is 4. The average Bonchev–Trinajstić information content (AvgIpc) is 2.68. The van der Waals surface area contributed by atoms with Gasteiger partial charge >= 0.3 is 0 Å². The molecule has 0 radical (unpaired) electrons. The van der Waals surface area contributed by atoms with Crippen LogP contribution in [0.1, 0.15) is 29.0 Å². The standard InChI is InChI=1S/C22H20BrN3O2S/c1-13-3-5-15(6-4-13)17-10-20(27)26-22(18(17)11-24)29-12-21(28)25-19-8-7-16(23)9-14(19)2/h3-9,17H,10,12H2,1-2H3,(H,25,28)(H,26,27)/t17-/m0/s1. The average molecular weight is 470 g/mol. The first-order valence-corrected chi connectivity index (χ1v) is 10.8. The highest BCUT2D eigenvalue weighted by molar-refractivity contribution is 9.10. The number of carbonyl (C=O) groups excluding carboxylic acids is 2. The minimum atomic E-state index is -0.298. The molecule has 2 aromatic carbocycles. The van der Waals surface area contributed by atoms with Crippen LogP contribution in [0.4, 0.5) is 5.69 Å². The zero-order chi connectivity index (χ0) is 21.0. The molecule has 0 unspecified atom stereocenters. The molecule has 2 aromatic rings. The van der Waals surface area contributed by atoms with E-state index in [9.17, 15) is 14.9 Å². The second-order valence-corrected chi connectivity index (χ2v) is 8.77. The van der Waals surface area contributed by atoms with Crippen LogP contribution in [0.25, 0.3) is 0 Å². The number of hydrogen-bond donors (Lipinski definition) is 2. The second-order valence-electron chi connectivity index (χ2n) is 6.87. The Morgan fingerprint density at radius 2 is 2.00 bits per heavy atom. The van der Waals surface area contributed by atoms with Crippen LogP contribution < -0.4 is 10.6 Å². The molecule has 0 saturated heterocycles. The lowest BCUT2D eigenvalue weighted by molar-refractivity contribution is -0.121. The third-order valence-electron chi connectivity index (χ3n) is 4.65. The largest absolute Gasteiger partial charge is 0.325 e. The Kier molecular flexibility index (Phi) is 6.78. The molecular formula is C22H20BrN3O2S. The summed E-state index contributed by atoms with van der Waals surface area (Å²) in [4.78, 5) is 24.6. The summed E-state index contributed by atoms with van der Waals surface area (Å²) in [5.74, 6) is -0.552. The number of halogens is 1. The summed E-state index contributed by atoms with van der Waals surface area (Å²) < 4.78 is 0.943. The van der Waals surface area contributed by atoms with Crippen molar-refractivity contribution >= 4 is 45.2 Å². The first kappa shape index (κ1) is 21.2. The number of allylic oxidation sites excluding steroid dienone is 1. The van der Waals surface area contributed by atoms with E-state index in [2.05, 4.69) is 32.6 Å². The Labute approximate surface area is 182 Å². The first-order chi connectivity index (χ1) is 13.9. The van der Waals surface area contributed by atoms with Crippen molar-refractivity contribution in [2.75, 3.05) is 11.1 Å². The quantitative estimate of drug-likeness (QED) is 0.659. The number of aryl methyl sites for hydroxylation is 2. The number of nitriles is 1. The molecule has 1 aliphatic heterocycles. The van der Waals surface area contributed by atoms with E-state index in [-0.39, 0.29) is 29.9 Å². The van der Waals surface area contributed by atoms with Gasteiger partial charge in [0, 0.05) is 22.5 Å². The highest BCUT2D eigenvalue weighted by atomic mass is 79.9. The van der Waals surface area contributed by atoms with Crippen LogP contribution in [-0.2, 0) is 9.59 Å². The molecule has 0 aliphatic carbocycles. The van der Waals surface area contributed by atoms with Gasteiger partial charge in [-0.25, -0.2) is 0 Å². The van der Waals surface area contributed by atoms with E-state index in [1.807, 2.05) is 56.3 Å². The van der Waals surface area contributed by atoms with Gasteiger partial charge < -0.3 is 10.6 Å². The zero-order valence-electron chi connectivity index (χ0n) is 16.1. The molecule has 0 fully saturated rings. The number of carbonyl (C=O) groups is 2. The maximum absolute atomic E-state index is 12.4. The van der Waals surface area contributed by atoms with E-state index in [4.69, 9.17) is 0 Å². The minimum absolute atomic E-state index is 0.0942. The summed E-state index contributed by atoms with van der Waals surface area (Å²) in [7, 11) is 0. The topological polar surface area (TPSA) is 82.0 Å². The van der Waals surface area contributed by atoms with E-state index in [0.717, 1.165) is 26.9 Å². The van der Waals surface area contributed by atoms with Gasteiger partial charge in [0.1, 0.15) is 0 Å². The predicted molar refractivity (Wildman–Crippen MR) is 119 cm³/mol. The summed E-state index contributed by atoms with van der Waals surface area (Å²) in [5.41, 5.74) is 4.21. The highest BCUT2D eigenvalue weighted by Crippen LogP contribution is 2.36. The third-order valence-corrected chi connectivity index (χ3v) is 6.16. The molecule has 148 valence electrons. The summed E-state index contributed by atoms with van der Waals surface area (Å²) in [6.45, 7) is 3.91. The van der Waals surface area contributed by atoms with Crippen LogP contribution in [0.5, 0.6) is 0 Å². The molecule has 1 aliphatic rings. The Bertz CT molecular complexity index is 1030. The third kappa shape index (κ3) is 5.28. The lowest BCUT2D eigenvalue weighted by Crippen LogP contribution is -2.31. The maximum atomic E-state index is 12.4. The van der Waals surface area contributed by atoms with Crippen LogP contribution in [0.15, 0.2) is 57.5 Å². The SMILES string of the molecule is Cc1ccc([C@@H]2CC(=O)NC(SCC(=O)Nc3ccc(Br)cc3C)=C2C#N)cc1. The summed E-state index contributed by atoms with van der Waals surface area (Å²) >= 11 is 4.58. The van der Waals surface area contributed by atoms with Crippen LogP contribution in [0, 0.1) is 25.2 Å². The van der Waals surface area contributed by atoms with E-state index < -0.39 is 0 Å². The van der Waals surface area contributed by atoms with Gasteiger partial charge in [0.05, 0.1) is 22.4 Å². The Morgan fingerprint density at radius 3 is 2.66 bits per heavy atom. The molecule has 29 heavy (non-hydrogen) atoms. The molecule has 2 N–H and O–H groups in total. The van der Waals surface area contributed by atoms with Gasteiger partial charge in [-0.15, -0.1) is 0 Å². The predicted octanol–water partition coefficient (Wildman–Crippen LogP) is 4.78. The van der Waals surface area contributed by atoms with E-state index >= 15 is 0 Å². The second kappa shape index (κ2) is 9.29. The van der Waals surface area contributed by atoms with Crippen LogP contribution in [0.3, 0.4) is 0 Å². The van der Waals surface area contributed by atoms with Crippen molar-refractivity contribution in [3.8, 4) is 6.07 Å². The normalized spacial score (nSPS) is 16.2. The van der Waals surface area contributed by atoms with E-state index in [1.165, 1.54) is 11.8 Å². The van der Waals surface area contributed by atoms with Crippen LogP contribution in [0.2, 0.25) is 0 Å². The lowest BCUT2D eigenvalue weighted by Gasteiger charge is -2.25. The molecule has 0 bridgehead atoms. The van der Waals surface area contributed by atoms with Crippen LogP contribution in [-0.4, -0.2) is 17.6 Å². The monoisotopic (exact) mass is 469 g/mol. The van der Waals surface area contributed by atoms with E-state index in [1.54, 1.807) is 0 Å². The van der Waals surface area contributed by atoms with Gasteiger partial charge in [0.15, 0.2) is 0 Å². The van der Waals surface area contributed by atoms with Crippen molar-refractivity contribution in [1.82, 2.24) is 5.32 Å². The molecule has 1 heterocycles. The smallest absolute Gasteiger partial charge is 0.234 e. The highest BCUT2D eigenvalue weighted by Gasteiger charge is 2.29. The van der Waals surface area contributed by atoms with Crippen molar-refractivity contribution in [2.45, 2.75) is 26.2 Å². The molecule has 0 aromatic heterocycles. The molecular weight excluding hydrogens is 450 g/mol. The fourth-order valence-corrected chi connectivity index (χ4v) is 4.46. The maximum Gasteiger partial charge on any atom is 0.234 e. The van der Waals surface area contributed by atoms with Crippen molar-refractivity contribution in [2.24, 2.45) is 0 Å². The summed E-state index contributed by atoms with van der Waals surface area (Å²) in [6, 6.07) is 15.7. The van der Waals surface area contributed by atoms with Gasteiger partial charge in [0.2, 0.25) is 11.8 Å². The van der Waals surface area contributed by atoms with Gasteiger partial charge in [-0.05, 0) is 43.2 Å². The number of benzene rings is 2. The molecule has 3 rings (SSSR count). The summed E-state index contributed by atoms with van der Waals surface area (Å²) in [6.07, 6.45) is 0.223. The fourth-order valence-electron chi connectivity index (χ4n) is 3.11. The molecule has 2 amide bonds. The lowest BCUT2D eigenvalue weighted by atomic mass is 9.87. The Hall–Kier alpha value is -2.56. The van der Waals surface area contributed by atoms with Gasteiger partial charge in [0.25, 0.3) is 0 Å². The zero-order valence-corrected chi connectivity index (χ0v) is 18.5. The first-order valence-electron chi connectivity index (χ1n) is 9.07. The number of nitrogens with one attached hydrogen (secondary N) is 2. The Morgan fingerprint density at radius 1 is 1.28 bits per heavy atom. The molecule has 5 nitrogen and oxygen atoms in total. The van der Waals surface area contributed by atoms with Gasteiger partial charge in [-0.3, -0.25) is 9.59 Å². The summed E-state index contributed by atoms with van der Waals surface area (Å²) in [5, 5.41) is 15.8. The van der Waals surface area contributed by atoms with Crippen LogP contribution >= 0.6 is 27.7 Å². The van der Waals surface area contributed by atoms with Crippen molar-refractivity contribution in [3.63, 3.8) is 0 Å².